The van der Waals surface area contributed by atoms with Crippen LogP contribution in [0.15, 0.2) is 30.3 Å². The fraction of sp³-hybridized carbons (Fsp3) is 0.417. The lowest BCUT2D eigenvalue weighted by Crippen LogP contribution is -2.25. The van der Waals surface area contributed by atoms with Crippen molar-refractivity contribution in [1.82, 2.24) is 0 Å². The van der Waals surface area contributed by atoms with Crippen molar-refractivity contribution in [3.63, 3.8) is 0 Å². The molecule has 0 saturated heterocycles. The Hall–Kier alpha value is -1.35. The Kier molecular flexibility index (Phi) is 2.49. The van der Waals surface area contributed by atoms with Crippen LogP contribution in [0.25, 0.3) is 0 Å². The first-order valence-electron chi connectivity index (χ1n) is 5.17. The molecular weight excluding hydrogens is 190 g/mol. The molecule has 3 heteroatoms. The monoisotopic (exact) mass is 205 g/mol. The van der Waals surface area contributed by atoms with Crippen molar-refractivity contribution in [3.05, 3.63) is 35.9 Å². The highest BCUT2D eigenvalue weighted by molar-refractivity contribution is 5.75. The molecule has 1 aliphatic carbocycles. The van der Waals surface area contributed by atoms with Gasteiger partial charge in [0.2, 0.25) is 5.91 Å². The van der Waals surface area contributed by atoms with Crippen molar-refractivity contribution in [1.29, 1.82) is 0 Å². The summed E-state index contributed by atoms with van der Waals surface area (Å²) in [6, 6.07) is 9.61. The van der Waals surface area contributed by atoms with Gasteiger partial charge < -0.3 is 10.8 Å². The molecule has 1 fully saturated rings. The number of primary amides is 1. The quantitative estimate of drug-likeness (QED) is 0.775. The van der Waals surface area contributed by atoms with E-state index in [9.17, 15) is 9.90 Å². The number of rotatable bonds is 4. The van der Waals surface area contributed by atoms with Gasteiger partial charge in [-0.15, -0.1) is 0 Å². The van der Waals surface area contributed by atoms with Gasteiger partial charge >= 0.3 is 0 Å². The van der Waals surface area contributed by atoms with E-state index in [1.165, 1.54) is 0 Å². The number of benzene rings is 1. The molecule has 1 saturated carbocycles. The van der Waals surface area contributed by atoms with Crippen LogP contribution in [0.3, 0.4) is 0 Å². The summed E-state index contributed by atoms with van der Waals surface area (Å²) in [5, 5.41) is 10.1. The van der Waals surface area contributed by atoms with E-state index in [4.69, 9.17) is 5.73 Å². The fourth-order valence-electron chi connectivity index (χ4n) is 1.98. The molecular formula is C12H15NO2. The van der Waals surface area contributed by atoms with Crippen molar-refractivity contribution < 1.29 is 9.90 Å². The summed E-state index contributed by atoms with van der Waals surface area (Å²) in [6.07, 6.45) is 1.75. The molecule has 0 bridgehead atoms. The average Bonchev–Trinajstić information content (AvgIpc) is 2.95. The van der Waals surface area contributed by atoms with E-state index in [2.05, 4.69) is 0 Å². The normalized spacial score (nSPS) is 19.5. The number of amides is 1. The van der Waals surface area contributed by atoms with Crippen LogP contribution >= 0.6 is 0 Å². The summed E-state index contributed by atoms with van der Waals surface area (Å²) < 4.78 is 0. The van der Waals surface area contributed by atoms with Gasteiger partial charge in [-0.2, -0.15) is 0 Å². The van der Waals surface area contributed by atoms with Crippen LogP contribution in [0.5, 0.6) is 0 Å². The van der Waals surface area contributed by atoms with E-state index >= 15 is 0 Å². The third kappa shape index (κ3) is 2.18. The van der Waals surface area contributed by atoms with Gasteiger partial charge in [0.25, 0.3) is 0 Å². The van der Waals surface area contributed by atoms with E-state index in [0.717, 1.165) is 18.4 Å². The predicted octanol–water partition coefficient (Wildman–Crippen LogP) is 1.17. The average molecular weight is 205 g/mol. The third-order valence-electron chi connectivity index (χ3n) is 3.02. The van der Waals surface area contributed by atoms with Gasteiger partial charge in [0, 0.05) is 12.3 Å². The second-order valence-corrected chi connectivity index (χ2v) is 4.24. The minimum atomic E-state index is -0.698. The molecule has 3 N–H and O–H groups in total. The Bertz CT molecular complexity index is 357. The molecule has 1 aromatic carbocycles. The number of hydrogen-bond acceptors (Lipinski definition) is 2. The first-order chi connectivity index (χ1) is 7.12. The highest BCUT2D eigenvalue weighted by Crippen LogP contribution is 2.48. The second-order valence-electron chi connectivity index (χ2n) is 4.24. The zero-order valence-electron chi connectivity index (χ0n) is 8.52. The molecule has 3 nitrogen and oxygen atoms in total. The molecule has 0 unspecified atom stereocenters. The van der Waals surface area contributed by atoms with Crippen LogP contribution in [-0.2, 0) is 4.79 Å². The van der Waals surface area contributed by atoms with Crippen molar-refractivity contribution in [2.75, 3.05) is 0 Å². The lowest BCUT2D eigenvalue weighted by Gasteiger charge is -2.21. The van der Waals surface area contributed by atoms with E-state index in [0.29, 0.717) is 0 Å². The van der Waals surface area contributed by atoms with Gasteiger partial charge in [0.15, 0.2) is 0 Å². The highest BCUT2D eigenvalue weighted by atomic mass is 16.3. The minimum absolute atomic E-state index is 0.142. The molecule has 2 rings (SSSR count). The molecule has 15 heavy (non-hydrogen) atoms. The molecule has 0 aromatic heterocycles. The van der Waals surface area contributed by atoms with Crippen LogP contribution in [-0.4, -0.2) is 16.6 Å². The molecule has 1 aliphatic rings. The molecule has 1 atom stereocenters. The van der Waals surface area contributed by atoms with Crippen LogP contribution in [0.1, 0.15) is 30.7 Å². The fourth-order valence-corrected chi connectivity index (χ4v) is 1.98. The number of carbonyl (C=O) groups excluding carboxylic acids is 1. The maximum atomic E-state index is 11.0. The SMILES string of the molecule is NC(=O)C[C@@H](c1ccccc1)C1(O)CC1. The summed E-state index contributed by atoms with van der Waals surface area (Å²) in [6.45, 7) is 0. The standard InChI is InChI=1S/C12H15NO2/c13-11(14)8-10(12(15)6-7-12)9-4-2-1-3-5-9/h1-5,10,15H,6-8H2,(H2,13,14)/t10-/m0/s1. The van der Waals surface area contributed by atoms with E-state index in [1.807, 2.05) is 30.3 Å². The first-order valence-corrected chi connectivity index (χ1v) is 5.17. The van der Waals surface area contributed by atoms with Gasteiger partial charge in [0.05, 0.1) is 5.60 Å². The molecule has 1 aromatic rings. The zero-order valence-corrected chi connectivity index (χ0v) is 8.52. The van der Waals surface area contributed by atoms with Crippen molar-refractivity contribution >= 4 is 5.91 Å². The number of nitrogens with two attached hydrogens (primary N) is 1. The molecule has 0 heterocycles. The van der Waals surface area contributed by atoms with Crippen LogP contribution < -0.4 is 5.73 Å². The topological polar surface area (TPSA) is 63.3 Å². The van der Waals surface area contributed by atoms with Crippen molar-refractivity contribution in [2.45, 2.75) is 30.8 Å². The van der Waals surface area contributed by atoms with Gasteiger partial charge in [-0.05, 0) is 18.4 Å². The summed E-state index contributed by atoms with van der Waals surface area (Å²) in [7, 11) is 0. The van der Waals surface area contributed by atoms with E-state index in [-0.39, 0.29) is 18.2 Å². The Balaban J connectivity index is 2.23. The highest BCUT2D eigenvalue weighted by Gasteiger charge is 2.48. The van der Waals surface area contributed by atoms with Crippen molar-refractivity contribution in [2.24, 2.45) is 5.73 Å². The first kappa shape index (κ1) is 10.2. The Morgan fingerprint density at radius 1 is 1.40 bits per heavy atom. The summed E-state index contributed by atoms with van der Waals surface area (Å²) in [5.74, 6) is -0.500. The number of hydrogen-bond donors (Lipinski definition) is 2. The Morgan fingerprint density at radius 2 is 2.00 bits per heavy atom. The molecule has 1 amide bonds. The maximum absolute atomic E-state index is 11.0. The van der Waals surface area contributed by atoms with Crippen LogP contribution in [0, 0.1) is 0 Å². The lowest BCUT2D eigenvalue weighted by atomic mass is 9.88. The van der Waals surface area contributed by atoms with Gasteiger partial charge in [0.1, 0.15) is 0 Å². The summed E-state index contributed by atoms with van der Waals surface area (Å²) in [5.41, 5.74) is 5.50. The zero-order chi connectivity index (χ0) is 10.9. The predicted molar refractivity (Wildman–Crippen MR) is 57.2 cm³/mol. The smallest absolute Gasteiger partial charge is 0.218 e. The van der Waals surface area contributed by atoms with E-state index in [1.54, 1.807) is 0 Å². The van der Waals surface area contributed by atoms with Gasteiger partial charge in [-0.3, -0.25) is 4.79 Å². The van der Waals surface area contributed by atoms with Crippen LogP contribution in [0.4, 0.5) is 0 Å². The maximum Gasteiger partial charge on any atom is 0.218 e. The summed E-state index contributed by atoms with van der Waals surface area (Å²) >= 11 is 0. The third-order valence-corrected chi connectivity index (χ3v) is 3.02. The Labute approximate surface area is 88.9 Å². The van der Waals surface area contributed by atoms with Crippen LogP contribution in [0.2, 0.25) is 0 Å². The molecule has 0 radical (unpaired) electrons. The molecule has 80 valence electrons. The van der Waals surface area contributed by atoms with Gasteiger partial charge in [-0.25, -0.2) is 0 Å². The Morgan fingerprint density at radius 3 is 2.47 bits per heavy atom. The van der Waals surface area contributed by atoms with Crippen molar-refractivity contribution in [3.8, 4) is 0 Å². The number of carbonyl (C=O) groups is 1. The van der Waals surface area contributed by atoms with E-state index < -0.39 is 5.60 Å². The second kappa shape index (κ2) is 3.66. The number of aliphatic hydroxyl groups is 1. The summed E-state index contributed by atoms with van der Waals surface area (Å²) in [4.78, 5) is 11.0. The van der Waals surface area contributed by atoms with Gasteiger partial charge in [-0.1, -0.05) is 30.3 Å². The minimum Gasteiger partial charge on any atom is -0.389 e. The molecule has 0 spiro atoms. The largest absolute Gasteiger partial charge is 0.389 e. The lowest BCUT2D eigenvalue weighted by molar-refractivity contribution is -0.119. The molecule has 0 aliphatic heterocycles.